The van der Waals surface area contributed by atoms with Crippen LogP contribution in [0.1, 0.15) is 37.4 Å². The molecular formula is C13H15BrClN3O. The van der Waals surface area contributed by atoms with Crippen molar-refractivity contribution in [1.29, 1.82) is 0 Å². The topological polar surface area (TPSA) is 50.9 Å². The third-order valence-electron chi connectivity index (χ3n) is 2.83. The molecule has 0 bridgehead atoms. The molecule has 6 heteroatoms. The van der Waals surface area contributed by atoms with E-state index in [9.17, 15) is 5.11 Å². The molecule has 1 unspecified atom stereocenters. The van der Waals surface area contributed by atoms with Crippen LogP contribution in [0.3, 0.4) is 0 Å². The summed E-state index contributed by atoms with van der Waals surface area (Å²) in [5.41, 5.74) is 0.697. The van der Waals surface area contributed by atoms with Crippen molar-refractivity contribution in [1.82, 2.24) is 14.8 Å². The highest BCUT2D eigenvalue weighted by Crippen LogP contribution is 2.28. The van der Waals surface area contributed by atoms with Crippen molar-refractivity contribution < 1.29 is 5.11 Å². The average Bonchev–Trinajstić information content (AvgIpc) is 2.76. The Morgan fingerprint density at radius 1 is 1.42 bits per heavy atom. The molecule has 0 aliphatic carbocycles. The molecule has 19 heavy (non-hydrogen) atoms. The number of rotatable bonds is 4. The first kappa shape index (κ1) is 14.5. The second-order valence-electron chi connectivity index (χ2n) is 4.60. The predicted octanol–water partition coefficient (Wildman–Crippen LogP) is 3.55. The first-order chi connectivity index (χ1) is 8.99. The number of halogens is 2. The smallest absolute Gasteiger partial charge is 0.138 e. The monoisotopic (exact) mass is 343 g/mol. The number of hydrogen-bond donors (Lipinski definition) is 1. The van der Waals surface area contributed by atoms with Crippen LogP contribution in [0.4, 0.5) is 0 Å². The van der Waals surface area contributed by atoms with Crippen LogP contribution < -0.4 is 0 Å². The molecule has 1 aromatic carbocycles. The summed E-state index contributed by atoms with van der Waals surface area (Å²) >= 11 is 9.48. The van der Waals surface area contributed by atoms with Crippen molar-refractivity contribution in [3.05, 3.63) is 45.4 Å². The number of aromatic nitrogens is 3. The zero-order valence-electron chi connectivity index (χ0n) is 10.7. The van der Waals surface area contributed by atoms with Gasteiger partial charge in [0.2, 0.25) is 0 Å². The van der Waals surface area contributed by atoms with Gasteiger partial charge in [-0.25, -0.2) is 9.67 Å². The standard InChI is InChI=1S/C13H15BrClN3O/c1-8(2)18-13(16-7-17-18)6-12(19)10-4-3-9(14)5-11(10)15/h3-5,7-8,12,19H,6H2,1-2H3. The molecule has 0 amide bonds. The Labute approximate surface area is 125 Å². The van der Waals surface area contributed by atoms with E-state index >= 15 is 0 Å². The van der Waals surface area contributed by atoms with Gasteiger partial charge in [0.25, 0.3) is 0 Å². The average molecular weight is 345 g/mol. The molecule has 2 rings (SSSR count). The molecule has 0 aliphatic rings. The Bertz CT molecular complexity index is 571. The molecule has 2 aromatic rings. The fourth-order valence-electron chi connectivity index (χ4n) is 1.91. The lowest BCUT2D eigenvalue weighted by molar-refractivity contribution is 0.173. The summed E-state index contributed by atoms with van der Waals surface area (Å²) in [4.78, 5) is 4.19. The van der Waals surface area contributed by atoms with Gasteiger partial charge in [0.15, 0.2) is 0 Å². The lowest BCUT2D eigenvalue weighted by Crippen LogP contribution is -2.12. The van der Waals surface area contributed by atoms with Gasteiger partial charge in [-0.15, -0.1) is 0 Å². The summed E-state index contributed by atoms with van der Waals surface area (Å²) in [6.07, 6.45) is 1.20. The van der Waals surface area contributed by atoms with Gasteiger partial charge in [0.1, 0.15) is 12.2 Å². The number of benzene rings is 1. The molecular weight excluding hydrogens is 330 g/mol. The van der Waals surface area contributed by atoms with Gasteiger partial charge >= 0.3 is 0 Å². The van der Waals surface area contributed by atoms with Crippen LogP contribution in [-0.4, -0.2) is 19.9 Å². The molecule has 0 saturated carbocycles. The molecule has 102 valence electrons. The summed E-state index contributed by atoms with van der Waals surface area (Å²) in [6.45, 7) is 4.05. The van der Waals surface area contributed by atoms with Crippen molar-refractivity contribution in [3.8, 4) is 0 Å². The Morgan fingerprint density at radius 3 is 2.79 bits per heavy atom. The maximum absolute atomic E-state index is 10.3. The zero-order valence-corrected chi connectivity index (χ0v) is 13.1. The van der Waals surface area contributed by atoms with E-state index in [1.54, 1.807) is 10.7 Å². The van der Waals surface area contributed by atoms with Gasteiger partial charge in [-0.3, -0.25) is 0 Å². The van der Waals surface area contributed by atoms with Crippen molar-refractivity contribution in [2.45, 2.75) is 32.4 Å². The van der Waals surface area contributed by atoms with Crippen LogP contribution in [0.15, 0.2) is 29.0 Å². The van der Waals surface area contributed by atoms with Gasteiger partial charge in [0, 0.05) is 22.0 Å². The number of aliphatic hydroxyl groups is 1. The number of nitrogens with zero attached hydrogens (tertiary/aromatic N) is 3. The second-order valence-corrected chi connectivity index (χ2v) is 5.92. The van der Waals surface area contributed by atoms with E-state index in [1.165, 1.54) is 6.33 Å². The molecule has 0 aliphatic heterocycles. The fourth-order valence-corrected chi connectivity index (χ4v) is 2.71. The maximum Gasteiger partial charge on any atom is 0.138 e. The molecule has 0 fully saturated rings. The van der Waals surface area contributed by atoms with Crippen LogP contribution in [0.25, 0.3) is 0 Å². The molecule has 0 radical (unpaired) electrons. The van der Waals surface area contributed by atoms with Crippen LogP contribution in [0.5, 0.6) is 0 Å². The summed E-state index contributed by atoms with van der Waals surface area (Å²) in [7, 11) is 0. The first-order valence-electron chi connectivity index (χ1n) is 6.00. The molecule has 0 spiro atoms. The second kappa shape index (κ2) is 6.03. The lowest BCUT2D eigenvalue weighted by Gasteiger charge is -2.14. The van der Waals surface area contributed by atoms with Gasteiger partial charge in [0.05, 0.1) is 6.10 Å². The minimum absolute atomic E-state index is 0.213. The Kier molecular flexibility index (Phi) is 4.60. The van der Waals surface area contributed by atoms with Gasteiger partial charge < -0.3 is 5.11 Å². The maximum atomic E-state index is 10.3. The predicted molar refractivity (Wildman–Crippen MR) is 78.2 cm³/mol. The molecule has 1 heterocycles. The number of aliphatic hydroxyl groups excluding tert-OH is 1. The van der Waals surface area contributed by atoms with Crippen LogP contribution >= 0.6 is 27.5 Å². The summed E-state index contributed by atoms with van der Waals surface area (Å²) in [6, 6.07) is 5.66. The minimum Gasteiger partial charge on any atom is -0.388 e. The van der Waals surface area contributed by atoms with E-state index in [-0.39, 0.29) is 6.04 Å². The highest BCUT2D eigenvalue weighted by molar-refractivity contribution is 9.10. The molecule has 1 atom stereocenters. The quantitative estimate of drug-likeness (QED) is 0.923. The SMILES string of the molecule is CC(C)n1ncnc1CC(O)c1ccc(Br)cc1Cl. The molecule has 1 aromatic heterocycles. The van der Waals surface area contributed by atoms with E-state index in [0.29, 0.717) is 17.0 Å². The summed E-state index contributed by atoms with van der Waals surface area (Å²) in [5.74, 6) is 0.751. The normalized spacial score (nSPS) is 12.9. The Hall–Kier alpha value is -0.910. The van der Waals surface area contributed by atoms with Crippen molar-refractivity contribution in [2.24, 2.45) is 0 Å². The third kappa shape index (κ3) is 3.35. The fraction of sp³-hybridized carbons (Fsp3) is 0.385. The van der Waals surface area contributed by atoms with Gasteiger partial charge in [-0.1, -0.05) is 33.6 Å². The van der Waals surface area contributed by atoms with Crippen molar-refractivity contribution in [2.75, 3.05) is 0 Å². The minimum atomic E-state index is -0.692. The van der Waals surface area contributed by atoms with Crippen LogP contribution in [0, 0.1) is 0 Å². The first-order valence-corrected chi connectivity index (χ1v) is 7.17. The molecule has 1 N–H and O–H groups in total. The van der Waals surface area contributed by atoms with Crippen LogP contribution in [-0.2, 0) is 6.42 Å². The lowest BCUT2D eigenvalue weighted by atomic mass is 10.1. The Balaban J connectivity index is 2.21. The highest BCUT2D eigenvalue weighted by Gasteiger charge is 2.17. The van der Waals surface area contributed by atoms with Crippen molar-refractivity contribution in [3.63, 3.8) is 0 Å². The Morgan fingerprint density at radius 2 is 2.16 bits per heavy atom. The molecule has 0 saturated heterocycles. The van der Waals surface area contributed by atoms with Gasteiger partial charge in [-0.05, 0) is 31.5 Å². The van der Waals surface area contributed by atoms with Gasteiger partial charge in [-0.2, -0.15) is 5.10 Å². The van der Waals surface area contributed by atoms with Crippen LogP contribution in [0.2, 0.25) is 5.02 Å². The van der Waals surface area contributed by atoms with E-state index in [0.717, 1.165) is 10.3 Å². The highest BCUT2D eigenvalue weighted by atomic mass is 79.9. The summed E-state index contributed by atoms with van der Waals surface area (Å²) in [5, 5.41) is 15.0. The number of hydrogen-bond acceptors (Lipinski definition) is 3. The van der Waals surface area contributed by atoms with E-state index in [1.807, 2.05) is 26.0 Å². The van der Waals surface area contributed by atoms with E-state index < -0.39 is 6.10 Å². The zero-order chi connectivity index (χ0) is 14.0. The van der Waals surface area contributed by atoms with E-state index in [2.05, 4.69) is 26.0 Å². The molecule has 4 nitrogen and oxygen atoms in total. The third-order valence-corrected chi connectivity index (χ3v) is 3.65. The van der Waals surface area contributed by atoms with Crippen molar-refractivity contribution >= 4 is 27.5 Å². The summed E-state index contributed by atoms with van der Waals surface area (Å²) < 4.78 is 2.69. The largest absolute Gasteiger partial charge is 0.388 e. The van der Waals surface area contributed by atoms with E-state index in [4.69, 9.17) is 11.6 Å².